The van der Waals surface area contributed by atoms with Gasteiger partial charge < -0.3 is 9.84 Å². The standard InChI is InChI=1S/C21H34O3S/c1-3-4-9-16(2)14-25-15-18-17(19-12-13-20(18)24-19)10-7-5-6-8-11-21(22)23/h5,7,9,17-20H,3-4,6,8,10-15H2,1-2H3,(H,22,23)/b7-5-,16-9+/t17-,18+,19-,20+/m0/s1. The SMILES string of the molecule is CCC/C=C(\C)CSC[C@@H]1[C@H](C/C=C\CCCC(=O)O)[C@@H]2CC[C@H]1O2. The van der Waals surface area contributed by atoms with E-state index < -0.39 is 5.97 Å². The van der Waals surface area contributed by atoms with Crippen LogP contribution in [0.4, 0.5) is 0 Å². The second-order valence-corrected chi connectivity index (χ2v) is 8.50. The van der Waals surface area contributed by atoms with Crippen LogP contribution in [0.25, 0.3) is 0 Å². The van der Waals surface area contributed by atoms with Crippen LogP contribution in [-0.4, -0.2) is 34.8 Å². The Morgan fingerprint density at radius 3 is 2.68 bits per heavy atom. The molecule has 4 heteroatoms. The van der Waals surface area contributed by atoms with Gasteiger partial charge in [-0.15, -0.1) is 0 Å². The Hall–Kier alpha value is -0.740. The van der Waals surface area contributed by atoms with Crippen LogP contribution in [0.2, 0.25) is 0 Å². The third-order valence-corrected chi connectivity index (χ3v) is 6.63. The number of ether oxygens (including phenoxy) is 1. The molecule has 0 aliphatic carbocycles. The molecule has 2 aliphatic heterocycles. The van der Waals surface area contributed by atoms with Gasteiger partial charge in [-0.25, -0.2) is 0 Å². The fourth-order valence-corrected chi connectivity index (χ4v) is 5.27. The average molecular weight is 367 g/mol. The predicted octanol–water partition coefficient (Wildman–Crippen LogP) is 5.46. The van der Waals surface area contributed by atoms with Gasteiger partial charge in [0.2, 0.25) is 0 Å². The van der Waals surface area contributed by atoms with E-state index in [0.29, 0.717) is 24.0 Å². The van der Waals surface area contributed by atoms with E-state index in [9.17, 15) is 4.79 Å². The highest BCUT2D eigenvalue weighted by atomic mass is 32.2. The van der Waals surface area contributed by atoms with Gasteiger partial charge in [0.1, 0.15) is 0 Å². The van der Waals surface area contributed by atoms with Crippen molar-refractivity contribution >= 4 is 17.7 Å². The molecule has 0 radical (unpaired) electrons. The molecular weight excluding hydrogens is 332 g/mol. The first-order chi connectivity index (χ1) is 12.1. The van der Waals surface area contributed by atoms with Gasteiger partial charge in [-0.05, 0) is 63.0 Å². The molecule has 2 heterocycles. The lowest BCUT2D eigenvalue weighted by Crippen LogP contribution is -2.28. The summed E-state index contributed by atoms with van der Waals surface area (Å²) in [5.41, 5.74) is 1.51. The van der Waals surface area contributed by atoms with E-state index in [4.69, 9.17) is 9.84 Å². The van der Waals surface area contributed by atoms with Crippen LogP contribution in [0.3, 0.4) is 0 Å². The molecule has 2 fully saturated rings. The first-order valence-corrected chi connectivity index (χ1v) is 11.0. The van der Waals surface area contributed by atoms with E-state index in [1.807, 2.05) is 0 Å². The van der Waals surface area contributed by atoms with Crippen LogP contribution in [-0.2, 0) is 9.53 Å². The van der Waals surface area contributed by atoms with Crippen LogP contribution in [0.1, 0.15) is 65.2 Å². The zero-order valence-corrected chi connectivity index (χ0v) is 16.6. The lowest BCUT2D eigenvalue weighted by molar-refractivity contribution is -0.137. The van der Waals surface area contributed by atoms with Gasteiger partial charge in [-0.3, -0.25) is 4.79 Å². The van der Waals surface area contributed by atoms with Crippen molar-refractivity contribution in [2.24, 2.45) is 11.8 Å². The highest BCUT2D eigenvalue weighted by molar-refractivity contribution is 7.99. The first-order valence-electron chi connectivity index (χ1n) is 9.87. The maximum absolute atomic E-state index is 10.5. The molecule has 0 saturated carbocycles. The number of carbonyl (C=O) groups is 1. The maximum Gasteiger partial charge on any atom is 0.303 e. The third-order valence-electron chi connectivity index (χ3n) is 5.35. The second kappa shape index (κ2) is 11.1. The number of fused-ring (bicyclic) bond motifs is 2. The highest BCUT2D eigenvalue weighted by Gasteiger charge is 2.47. The highest BCUT2D eigenvalue weighted by Crippen LogP contribution is 2.46. The smallest absolute Gasteiger partial charge is 0.303 e. The molecule has 25 heavy (non-hydrogen) atoms. The van der Waals surface area contributed by atoms with Crippen molar-refractivity contribution in [2.75, 3.05) is 11.5 Å². The normalized spacial score (nSPS) is 29.0. The lowest BCUT2D eigenvalue weighted by Gasteiger charge is -2.27. The third kappa shape index (κ3) is 6.82. The summed E-state index contributed by atoms with van der Waals surface area (Å²) >= 11 is 2.07. The number of rotatable bonds is 12. The van der Waals surface area contributed by atoms with Crippen molar-refractivity contribution in [3.63, 3.8) is 0 Å². The minimum atomic E-state index is -0.699. The Bertz CT molecular complexity index is 472. The zero-order valence-electron chi connectivity index (χ0n) is 15.8. The van der Waals surface area contributed by atoms with E-state index in [1.165, 1.54) is 37.0 Å². The average Bonchev–Trinajstić information content (AvgIpc) is 3.18. The molecule has 2 bridgehead atoms. The molecule has 2 saturated heterocycles. The topological polar surface area (TPSA) is 46.5 Å². The predicted molar refractivity (Wildman–Crippen MR) is 106 cm³/mol. The Morgan fingerprint density at radius 2 is 1.96 bits per heavy atom. The van der Waals surface area contributed by atoms with Crippen LogP contribution < -0.4 is 0 Å². The second-order valence-electron chi connectivity index (χ2n) is 7.47. The van der Waals surface area contributed by atoms with Crippen LogP contribution in [0.15, 0.2) is 23.8 Å². The number of thioether (sulfide) groups is 1. The minimum absolute atomic E-state index is 0.270. The summed E-state index contributed by atoms with van der Waals surface area (Å²) in [5.74, 6) is 2.99. The monoisotopic (exact) mass is 366 g/mol. The molecule has 0 amide bonds. The summed E-state index contributed by atoms with van der Waals surface area (Å²) in [7, 11) is 0. The molecule has 0 aromatic rings. The number of hydrogen-bond acceptors (Lipinski definition) is 3. The van der Waals surface area contributed by atoms with Gasteiger partial charge in [0.25, 0.3) is 0 Å². The van der Waals surface area contributed by atoms with Crippen molar-refractivity contribution in [3.8, 4) is 0 Å². The minimum Gasteiger partial charge on any atom is -0.481 e. The van der Waals surface area contributed by atoms with E-state index in [-0.39, 0.29) is 6.42 Å². The lowest BCUT2D eigenvalue weighted by atomic mass is 9.78. The molecule has 0 unspecified atom stereocenters. The first kappa shape index (κ1) is 20.6. The molecule has 142 valence electrons. The van der Waals surface area contributed by atoms with Gasteiger partial charge >= 0.3 is 5.97 Å². The molecule has 0 aromatic heterocycles. The van der Waals surface area contributed by atoms with Crippen molar-refractivity contribution in [3.05, 3.63) is 23.8 Å². The Morgan fingerprint density at radius 1 is 1.20 bits per heavy atom. The van der Waals surface area contributed by atoms with Crippen molar-refractivity contribution in [1.29, 1.82) is 0 Å². The van der Waals surface area contributed by atoms with Crippen LogP contribution in [0.5, 0.6) is 0 Å². The fourth-order valence-electron chi connectivity index (χ4n) is 3.98. The van der Waals surface area contributed by atoms with E-state index in [0.717, 1.165) is 25.0 Å². The summed E-state index contributed by atoms with van der Waals surface area (Å²) < 4.78 is 6.19. The number of hydrogen-bond donors (Lipinski definition) is 1. The van der Waals surface area contributed by atoms with Gasteiger partial charge in [0.05, 0.1) is 12.2 Å². The number of aliphatic carboxylic acids is 1. The molecule has 2 rings (SSSR count). The Kier molecular flexibility index (Phi) is 9.11. The van der Waals surface area contributed by atoms with Crippen molar-refractivity contribution in [2.45, 2.75) is 77.4 Å². The van der Waals surface area contributed by atoms with Gasteiger partial charge in [0.15, 0.2) is 0 Å². The molecule has 0 spiro atoms. The largest absolute Gasteiger partial charge is 0.481 e. The van der Waals surface area contributed by atoms with E-state index in [1.54, 1.807) is 0 Å². The van der Waals surface area contributed by atoms with Gasteiger partial charge in [-0.1, -0.05) is 37.1 Å². The maximum atomic E-state index is 10.5. The quantitative estimate of drug-likeness (QED) is 0.368. The van der Waals surface area contributed by atoms with Crippen LogP contribution >= 0.6 is 11.8 Å². The number of unbranched alkanes of at least 4 members (excludes halogenated alkanes) is 2. The van der Waals surface area contributed by atoms with Gasteiger partial charge in [0, 0.05) is 12.2 Å². The summed E-state index contributed by atoms with van der Waals surface area (Å²) in [6.07, 6.45) is 15.6. The molecule has 1 N–H and O–H groups in total. The Labute approximate surface area is 157 Å². The summed E-state index contributed by atoms with van der Waals surface area (Å²) in [6.45, 7) is 4.47. The fraction of sp³-hybridized carbons (Fsp3) is 0.762. The van der Waals surface area contributed by atoms with E-state index >= 15 is 0 Å². The number of carboxylic acids is 1. The molecular formula is C21H34O3S. The van der Waals surface area contributed by atoms with Crippen molar-refractivity contribution in [1.82, 2.24) is 0 Å². The van der Waals surface area contributed by atoms with E-state index in [2.05, 4.69) is 43.8 Å². The molecule has 2 aliphatic rings. The van der Waals surface area contributed by atoms with Crippen LogP contribution in [0, 0.1) is 11.8 Å². The number of allylic oxidation sites excluding steroid dienone is 3. The molecule has 3 nitrogen and oxygen atoms in total. The van der Waals surface area contributed by atoms with Crippen molar-refractivity contribution < 1.29 is 14.6 Å². The zero-order chi connectivity index (χ0) is 18.1. The van der Waals surface area contributed by atoms with Gasteiger partial charge in [-0.2, -0.15) is 11.8 Å². The summed E-state index contributed by atoms with van der Waals surface area (Å²) in [4.78, 5) is 10.5. The summed E-state index contributed by atoms with van der Waals surface area (Å²) in [6, 6.07) is 0. The molecule has 0 aromatic carbocycles. The Balaban J connectivity index is 1.73. The molecule has 4 atom stereocenters. The number of carboxylic acid groups (broad SMARTS) is 1. The summed E-state index contributed by atoms with van der Waals surface area (Å²) in [5, 5.41) is 8.67.